The highest BCUT2D eigenvalue weighted by molar-refractivity contribution is 6.42. The standard InChI is InChI=1S/C22H18Cl3NO3/c1-28-16-5-7-17(8-6-16)29-21-10-4-15(23)13-20(21)26-22(27)11-3-14-2-9-18(24)19(25)12-14/h2,4-10,12-13H,3,11H2,1H3,(H,26,27). The average Bonchev–Trinajstić information content (AvgIpc) is 2.71. The van der Waals surface area contributed by atoms with Gasteiger partial charge in [-0.05, 0) is 66.6 Å². The minimum Gasteiger partial charge on any atom is -0.497 e. The molecule has 3 aromatic rings. The molecule has 0 unspecified atom stereocenters. The van der Waals surface area contributed by atoms with E-state index in [1.807, 2.05) is 6.07 Å². The van der Waals surface area contributed by atoms with E-state index in [0.29, 0.717) is 38.7 Å². The number of nitrogens with one attached hydrogen (secondary N) is 1. The van der Waals surface area contributed by atoms with Gasteiger partial charge in [0.15, 0.2) is 5.75 Å². The van der Waals surface area contributed by atoms with Crippen LogP contribution in [0.5, 0.6) is 17.2 Å². The summed E-state index contributed by atoms with van der Waals surface area (Å²) in [6, 6.07) is 17.5. The molecule has 0 fully saturated rings. The van der Waals surface area contributed by atoms with E-state index in [1.165, 1.54) is 0 Å². The Morgan fingerprint density at radius 3 is 2.31 bits per heavy atom. The Balaban J connectivity index is 1.67. The molecule has 0 saturated heterocycles. The SMILES string of the molecule is COc1ccc(Oc2ccc(Cl)cc2NC(=O)CCc2ccc(Cl)c(Cl)c2)cc1. The van der Waals surface area contributed by atoms with E-state index in [4.69, 9.17) is 44.3 Å². The molecule has 0 heterocycles. The fraction of sp³-hybridized carbons (Fsp3) is 0.136. The third-order valence-corrected chi connectivity index (χ3v) is 5.10. The summed E-state index contributed by atoms with van der Waals surface area (Å²) in [6.45, 7) is 0. The summed E-state index contributed by atoms with van der Waals surface area (Å²) in [4.78, 5) is 12.5. The summed E-state index contributed by atoms with van der Waals surface area (Å²) in [7, 11) is 1.60. The Bertz CT molecular complexity index is 1010. The van der Waals surface area contributed by atoms with Crippen LogP contribution in [0.2, 0.25) is 15.1 Å². The van der Waals surface area contributed by atoms with Gasteiger partial charge in [-0.2, -0.15) is 0 Å². The van der Waals surface area contributed by atoms with Crippen LogP contribution in [0.1, 0.15) is 12.0 Å². The first kappa shape index (κ1) is 21.3. The molecule has 3 rings (SSSR count). The van der Waals surface area contributed by atoms with Gasteiger partial charge in [0.25, 0.3) is 0 Å². The van der Waals surface area contributed by atoms with Crippen molar-refractivity contribution in [3.8, 4) is 17.2 Å². The number of methoxy groups -OCH3 is 1. The van der Waals surface area contributed by atoms with Crippen molar-refractivity contribution in [1.29, 1.82) is 0 Å². The van der Waals surface area contributed by atoms with Gasteiger partial charge in [0.2, 0.25) is 5.91 Å². The van der Waals surface area contributed by atoms with E-state index < -0.39 is 0 Å². The Kier molecular flexibility index (Phi) is 7.26. The minimum absolute atomic E-state index is 0.169. The third-order valence-electron chi connectivity index (χ3n) is 4.13. The molecular weight excluding hydrogens is 433 g/mol. The molecule has 7 heteroatoms. The molecule has 0 aliphatic rings. The van der Waals surface area contributed by atoms with E-state index in [9.17, 15) is 4.79 Å². The molecular formula is C22H18Cl3NO3. The van der Waals surface area contributed by atoms with E-state index in [2.05, 4.69) is 5.32 Å². The summed E-state index contributed by atoms with van der Waals surface area (Å²) in [6.07, 6.45) is 0.796. The second-order valence-electron chi connectivity index (χ2n) is 6.21. The Morgan fingerprint density at radius 2 is 1.62 bits per heavy atom. The van der Waals surface area contributed by atoms with Crippen molar-refractivity contribution in [1.82, 2.24) is 0 Å². The highest BCUT2D eigenvalue weighted by Crippen LogP contribution is 2.33. The summed E-state index contributed by atoms with van der Waals surface area (Å²) in [5.41, 5.74) is 1.42. The molecule has 0 aliphatic carbocycles. The van der Waals surface area contributed by atoms with Crippen LogP contribution in [0.15, 0.2) is 60.7 Å². The summed E-state index contributed by atoms with van der Waals surface area (Å²) < 4.78 is 11.0. The van der Waals surface area contributed by atoms with Crippen molar-refractivity contribution in [2.75, 3.05) is 12.4 Å². The zero-order valence-corrected chi connectivity index (χ0v) is 17.8. The molecule has 150 valence electrons. The van der Waals surface area contributed by atoms with Crippen LogP contribution < -0.4 is 14.8 Å². The van der Waals surface area contributed by atoms with Crippen LogP contribution in [0.25, 0.3) is 0 Å². The fourth-order valence-electron chi connectivity index (χ4n) is 2.63. The van der Waals surface area contributed by atoms with Crippen molar-refractivity contribution in [3.05, 3.63) is 81.3 Å². The first-order valence-corrected chi connectivity index (χ1v) is 9.93. The lowest BCUT2D eigenvalue weighted by Crippen LogP contribution is -2.13. The van der Waals surface area contributed by atoms with Crippen LogP contribution in [-0.4, -0.2) is 13.0 Å². The summed E-state index contributed by atoms with van der Waals surface area (Å²) >= 11 is 18.0. The van der Waals surface area contributed by atoms with Crippen molar-refractivity contribution >= 4 is 46.4 Å². The Morgan fingerprint density at radius 1 is 0.897 bits per heavy atom. The topological polar surface area (TPSA) is 47.6 Å². The van der Waals surface area contributed by atoms with Gasteiger partial charge in [0.05, 0.1) is 22.8 Å². The highest BCUT2D eigenvalue weighted by atomic mass is 35.5. The normalized spacial score (nSPS) is 10.5. The van der Waals surface area contributed by atoms with Gasteiger partial charge in [-0.25, -0.2) is 0 Å². The smallest absolute Gasteiger partial charge is 0.224 e. The van der Waals surface area contributed by atoms with Crippen molar-refractivity contribution in [2.24, 2.45) is 0 Å². The highest BCUT2D eigenvalue weighted by Gasteiger charge is 2.11. The second kappa shape index (κ2) is 9.88. The largest absolute Gasteiger partial charge is 0.497 e. The summed E-state index contributed by atoms with van der Waals surface area (Å²) in [5, 5.41) is 4.30. The number of benzene rings is 3. The number of amides is 1. The average molecular weight is 451 g/mol. The zero-order valence-electron chi connectivity index (χ0n) is 15.5. The monoisotopic (exact) mass is 449 g/mol. The molecule has 0 atom stereocenters. The van der Waals surface area contributed by atoms with Crippen LogP contribution in [0.4, 0.5) is 5.69 Å². The van der Waals surface area contributed by atoms with E-state index >= 15 is 0 Å². The van der Waals surface area contributed by atoms with E-state index in [1.54, 1.807) is 61.7 Å². The number of hydrogen-bond donors (Lipinski definition) is 1. The Labute approximate surface area is 184 Å². The van der Waals surface area contributed by atoms with Crippen molar-refractivity contribution in [3.63, 3.8) is 0 Å². The summed E-state index contributed by atoms with van der Waals surface area (Å²) in [5.74, 6) is 1.66. The fourth-order valence-corrected chi connectivity index (χ4v) is 3.12. The number of carbonyl (C=O) groups excluding carboxylic acids is 1. The van der Waals surface area contributed by atoms with Crippen LogP contribution in [0, 0.1) is 0 Å². The lowest BCUT2D eigenvalue weighted by Gasteiger charge is -2.13. The maximum atomic E-state index is 12.5. The number of halogens is 3. The van der Waals surface area contributed by atoms with Crippen LogP contribution in [0.3, 0.4) is 0 Å². The molecule has 3 aromatic carbocycles. The lowest BCUT2D eigenvalue weighted by molar-refractivity contribution is -0.116. The number of hydrogen-bond acceptors (Lipinski definition) is 3. The maximum absolute atomic E-state index is 12.5. The number of aryl methyl sites for hydroxylation is 1. The van der Waals surface area contributed by atoms with Gasteiger partial charge >= 0.3 is 0 Å². The molecule has 0 bridgehead atoms. The molecule has 4 nitrogen and oxygen atoms in total. The van der Waals surface area contributed by atoms with Crippen molar-refractivity contribution in [2.45, 2.75) is 12.8 Å². The number of ether oxygens (including phenoxy) is 2. The van der Waals surface area contributed by atoms with E-state index in [-0.39, 0.29) is 12.3 Å². The number of carbonyl (C=O) groups is 1. The lowest BCUT2D eigenvalue weighted by atomic mass is 10.1. The third kappa shape index (κ3) is 6.04. The van der Waals surface area contributed by atoms with E-state index in [0.717, 1.165) is 11.3 Å². The van der Waals surface area contributed by atoms with Gasteiger partial charge in [0.1, 0.15) is 11.5 Å². The predicted octanol–water partition coefficient (Wildman–Crippen LogP) is 7.02. The Hall–Kier alpha value is -2.40. The molecule has 0 aliphatic heterocycles. The molecule has 0 aromatic heterocycles. The molecule has 0 radical (unpaired) electrons. The maximum Gasteiger partial charge on any atom is 0.224 e. The number of anilines is 1. The van der Waals surface area contributed by atoms with Crippen molar-refractivity contribution < 1.29 is 14.3 Å². The first-order valence-electron chi connectivity index (χ1n) is 8.80. The van der Waals surface area contributed by atoms with Gasteiger partial charge in [-0.15, -0.1) is 0 Å². The molecule has 1 amide bonds. The quantitative estimate of drug-likeness (QED) is 0.421. The molecule has 29 heavy (non-hydrogen) atoms. The van der Waals surface area contributed by atoms with Gasteiger partial charge in [-0.3, -0.25) is 4.79 Å². The molecule has 0 saturated carbocycles. The molecule has 1 N–H and O–H groups in total. The minimum atomic E-state index is -0.169. The second-order valence-corrected chi connectivity index (χ2v) is 7.47. The van der Waals surface area contributed by atoms with Crippen LogP contribution in [-0.2, 0) is 11.2 Å². The predicted molar refractivity (Wildman–Crippen MR) is 118 cm³/mol. The first-order chi connectivity index (χ1) is 13.9. The van der Waals surface area contributed by atoms with Gasteiger partial charge < -0.3 is 14.8 Å². The van der Waals surface area contributed by atoms with Gasteiger partial charge in [0, 0.05) is 11.4 Å². The van der Waals surface area contributed by atoms with Gasteiger partial charge in [-0.1, -0.05) is 40.9 Å². The zero-order chi connectivity index (χ0) is 20.8. The molecule has 0 spiro atoms. The number of rotatable bonds is 7. The van der Waals surface area contributed by atoms with Crippen LogP contribution >= 0.6 is 34.8 Å².